The summed E-state index contributed by atoms with van der Waals surface area (Å²) in [5.74, 6) is -0.231. The third-order valence-corrected chi connectivity index (χ3v) is 2.59. The maximum Gasteiger partial charge on any atom is 0.186 e. The first-order valence-corrected chi connectivity index (χ1v) is 5.07. The molecule has 0 unspecified atom stereocenters. The average Bonchev–Trinajstić information content (AvgIpc) is 2.56. The second-order valence-corrected chi connectivity index (χ2v) is 3.78. The Morgan fingerprint density at radius 3 is 2.57 bits per heavy atom. The quantitative estimate of drug-likeness (QED) is 0.748. The number of aromatic nitrogens is 1. The first kappa shape index (κ1) is 9.21. The van der Waals surface area contributed by atoms with Crippen LogP contribution in [0.2, 0.25) is 0 Å². The van der Waals surface area contributed by atoms with Crippen molar-refractivity contribution in [1.29, 1.82) is 0 Å². The molecule has 0 aliphatic rings. The molecule has 1 aromatic heterocycles. The van der Waals surface area contributed by atoms with Gasteiger partial charge in [-0.3, -0.25) is 0 Å². The molecule has 5 heteroatoms. The Morgan fingerprint density at radius 2 is 2.00 bits per heavy atom. The van der Waals surface area contributed by atoms with E-state index in [-0.39, 0.29) is 5.82 Å². The summed E-state index contributed by atoms with van der Waals surface area (Å²) in [6, 6.07) is 6.21. The molecule has 0 bridgehead atoms. The maximum atomic E-state index is 12.6. The van der Waals surface area contributed by atoms with Crippen molar-refractivity contribution in [2.75, 3.05) is 5.32 Å². The van der Waals surface area contributed by atoms with Gasteiger partial charge in [-0.25, -0.2) is 9.37 Å². The summed E-state index contributed by atoms with van der Waals surface area (Å²) in [4.78, 5) is 4.24. The predicted molar refractivity (Wildman–Crippen MR) is 60.0 cm³/mol. The van der Waals surface area contributed by atoms with E-state index in [1.54, 1.807) is 12.1 Å². The SMILES string of the molecule is Bc1csc(Nc2ccc(F)cc2)n1. The molecule has 1 aromatic carbocycles. The summed E-state index contributed by atoms with van der Waals surface area (Å²) in [6.07, 6.45) is 0. The van der Waals surface area contributed by atoms with Crippen LogP contribution in [0.25, 0.3) is 0 Å². The lowest BCUT2D eigenvalue weighted by molar-refractivity contribution is 0.628. The van der Waals surface area contributed by atoms with Gasteiger partial charge in [-0.15, -0.1) is 11.3 Å². The van der Waals surface area contributed by atoms with Crippen LogP contribution in [-0.4, -0.2) is 12.8 Å². The molecule has 2 nitrogen and oxygen atoms in total. The van der Waals surface area contributed by atoms with Crippen LogP contribution < -0.4 is 10.9 Å². The van der Waals surface area contributed by atoms with Gasteiger partial charge in [-0.1, -0.05) is 0 Å². The minimum absolute atomic E-state index is 0.231. The normalized spacial score (nSPS) is 10.1. The van der Waals surface area contributed by atoms with Gasteiger partial charge >= 0.3 is 0 Å². The van der Waals surface area contributed by atoms with Crippen LogP contribution in [0.3, 0.4) is 0 Å². The Morgan fingerprint density at radius 1 is 1.29 bits per heavy atom. The number of halogens is 1. The second kappa shape index (κ2) is 3.80. The number of hydrogen-bond donors (Lipinski definition) is 1. The van der Waals surface area contributed by atoms with E-state index in [9.17, 15) is 4.39 Å². The Labute approximate surface area is 86.2 Å². The van der Waals surface area contributed by atoms with E-state index >= 15 is 0 Å². The smallest absolute Gasteiger partial charge is 0.186 e. The lowest BCUT2D eigenvalue weighted by atomic mass is 10.1. The van der Waals surface area contributed by atoms with Gasteiger partial charge in [0.2, 0.25) is 0 Å². The Balaban J connectivity index is 2.15. The molecule has 0 spiro atoms. The van der Waals surface area contributed by atoms with Crippen molar-refractivity contribution in [3.05, 3.63) is 35.5 Å². The first-order chi connectivity index (χ1) is 6.74. The number of thiazole rings is 1. The Hall–Kier alpha value is -1.36. The van der Waals surface area contributed by atoms with Crippen LogP contribution >= 0.6 is 11.3 Å². The molecule has 14 heavy (non-hydrogen) atoms. The lowest BCUT2D eigenvalue weighted by Gasteiger charge is -2.00. The summed E-state index contributed by atoms with van der Waals surface area (Å²) in [5.41, 5.74) is 1.83. The summed E-state index contributed by atoms with van der Waals surface area (Å²) in [7, 11) is 1.94. The molecule has 1 heterocycles. The zero-order valence-corrected chi connectivity index (χ0v) is 8.44. The predicted octanol–water partition coefficient (Wildman–Crippen LogP) is 1.28. The fraction of sp³-hybridized carbons (Fsp3) is 0. The summed E-state index contributed by atoms with van der Waals surface area (Å²) >= 11 is 1.53. The van der Waals surface area contributed by atoms with Crippen molar-refractivity contribution in [3.63, 3.8) is 0 Å². The van der Waals surface area contributed by atoms with Gasteiger partial charge < -0.3 is 5.32 Å². The van der Waals surface area contributed by atoms with Crippen molar-refractivity contribution >= 4 is 35.6 Å². The topological polar surface area (TPSA) is 24.9 Å². The fourth-order valence-electron chi connectivity index (χ4n) is 1.07. The van der Waals surface area contributed by atoms with Crippen molar-refractivity contribution in [3.8, 4) is 0 Å². The van der Waals surface area contributed by atoms with E-state index in [2.05, 4.69) is 10.3 Å². The van der Waals surface area contributed by atoms with Crippen LogP contribution in [0, 0.1) is 5.82 Å². The molecular weight excluding hydrogens is 198 g/mol. The summed E-state index contributed by atoms with van der Waals surface area (Å²) in [5, 5.41) is 5.88. The highest BCUT2D eigenvalue weighted by molar-refractivity contribution is 7.14. The maximum absolute atomic E-state index is 12.6. The first-order valence-electron chi connectivity index (χ1n) is 4.19. The van der Waals surface area contributed by atoms with Crippen LogP contribution in [0.5, 0.6) is 0 Å². The van der Waals surface area contributed by atoms with Gasteiger partial charge in [-0.05, 0) is 24.3 Å². The minimum Gasteiger partial charge on any atom is -0.332 e. The summed E-state index contributed by atoms with van der Waals surface area (Å²) in [6.45, 7) is 0. The molecular formula is C9H8BFN2S. The minimum atomic E-state index is -0.231. The average molecular weight is 206 g/mol. The largest absolute Gasteiger partial charge is 0.332 e. The highest BCUT2D eigenvalue weighted by Gasteiger charge is 1.98. The third-order valence-electron chi connectivity index (χ3n) is 1.71. The van der Waals surface area contributed by atoms with Crippen LogP contribution in [0.15, 0.2) is 29.6 Å². The zero-order valence-electron chi connectivity index (χ0n) is 7.62. The highest BCUT2D eigenvalue weighted by atomic mass is 32.1. The highest BCUT2D eigenvalue weighted by Crippen LogP contribution is 2.17. The molecule has 0 aliphatic carbocycles. The number of rotatable bonds is 2. The fourth-order valence-corrected chi connectivity index (χ4v) is 1.78. The van der Waals surface area contributed by atoms with Gasteiger partial charge in [0.25, 0.3) is 0 Å². The van der Waals surface area contributed by atoms with Crippen LogP contribution in [0.1, 0.15) is 0 Å². The van der Waals surface area contributed by atoms with E-state index in [1.807, 2.05) is 13.2 Å². The molecule has 70 valence electrons. The van der Waals surface area contributed by atoms with Gasteiger partial charge in [-0.2, -0.15) is 0 Å². The monoisotopic (exact) mass is 206 g/mol. The molecule has 0 atom stereocenters. The Kier molecular flexibility index (Phi) is 2.50. The molecule has 2 rings (SSSR count). The standard InChI is InChI=1S/C9H8BFN2S/c10-8-5-14-9(13-8)12-7-3-1-6(11)2-4-7/h1-5H,10H2,(H,12,13). The molecule has 0 saturated carbocycles. The van der Waals surface area contributed by atoms with E-state index in [1.165, 1.54) is 23.5 Å². The number of nitrogens with zero attached hydrogens (tertiary/aromatic N) is 1. The molecule has 0 saturated heterocycles. The molecule has 1 N–H and O–H groups in total. The molecule has 2 aromatic rings. The van der Waals surface area contributed by atoms with E-state index < -0.39 is 0 Å². The van der Waals surface area contributed by atoms with E-state index in [0.29, 0.717) is 0 Å². The zero-order chi connectivity index (χ0) is 9.97. The molecule has 0 aliphatic heterocycles. The molecule has 0 fully saturated rings. The number of nitrogens with one attached hydrogen (secondary N) is 1. The molecule has 0 amide bonds. The number of benzene rings is 1. The van der Waals surface area contributed by atoms with Gasteiger partial charge in [0.1, 0.15) is 5.82 Å². The van der Waals surface area contributed by atoms with Crippen molar-refractivity contribution in [2.45, 2.75) is 0 Å². The van der Waals surface area contributed by atoms with Gasteiger partial charge in [0, 0.05) is 16.7 Å². The number of hydrogen-bond acceptors (Lipinski definition) is 3. The third kappa shape index (κ3) is 2.11. The van der Waals surface area contributed by atoms with E-state index in [4.69, 9.17) is 0 Å². The lowest BCUT2D eigenvalue weighted by Crippen LogP contribution is -2.01. The number of anilines is 2. The Bertz CT molecular complexity index is 427. The van der Waals surface area contributed by atoms with E-state index in [0.717, 1.165) is 16.4 Å². The van der Waals surface area contributed by atoms with Crippen molar-refractivity contribution < 1.29 is 4.39 Å². The van der Waals surface area contributed by atoms with Crippen molar-refractivity contribution in [1.82, 2.24) is 4.98 Å². The van der Waals surface area contributed by atoms with Crippen molar-refractivity contribution in [2.24, 2.45) is 0 Å². The second-order valence-electron chi connectivity index (χ2n) is 2.93. The molecule has 0 radical (unpaired) electrons. The van der Waals surface area contributed by atoms with Crippen LogP contribution in [-0.2, 0) is 0 Å². The van der Waals surface area contributed by atoms with Gasteiger partial charge in [0.05, 0.1) is 0 Å². The van der Waals surface area contributed by atoms with Crippen LogP contribution in [0.4, 0.5) is 15.2 Å². The van der Waals surface area contributed by atoms with Gasteiger partial charge in [0.15, 0.2) is 13.0 Å². The summed E-state index contributed by atoms with van der Waals surface area (Å²) < 4.78 is 12.6.